The molecule has 0 amide bonds. The highest BCUT2D eigenvalue weighted by Crippen LogP contribution is 2.39. The van der Waals surface area contributed by atoms with Crippen LogP contribution >= 0.6 is 0 Å². The van der Waals surface area contributed by atoms with Crippen molar-refractivity contribution in [3.8, 4) is 22.5 Å². The van der Waals surface area contributed by atoms with Gasteiger partial charge in [0.2, 0.25) is 0 Å². The molecule has 9 aromatic rings. The van der Waals surface area contributed by atoms with Crippen LogP contribution in [0.15, 0.2) is 187 Å². The van der Waals surface area contributed by atoms with E-state index in [2.05, 4.69) is 202 Å². The van der Waals surface area contributed by atoms with Gasteiger partial charge in [0, 0.05) is 44.4 Å². The molecule has 1 aliphatic heterocycles. The van der Waals surface area contributed by atoms with Crippen LogP contribution in [0.5, 0.6) is 0 Å². The molecular formula is C51H39N5. The zero-order valence-corrected chi connectivity index (χ0v) is 30.8. The van der Waals surface area contributed by atoms with Gasteiger partial charge in [0.05, 0.1) is 16.6 Å². The average Bonchev–Trinajstić information content (AvgIpc) is 3.79. The summed E-state index contributed by atoms with van der Waals surface area (Å²) in [4.78, 5) is 5.13. The summed E-state index contributed by atoms with van der Waals surface area (Å²) in [7, 11) is 0. The first kappa shape index (κ1) is 32.5. The molecule has 3 heterocycles. The Morgan fingerprint density at radius 2 is 1.18 bits per heavy atom. The van der Waals surface area contributed by atoms with Crippen LogP contribution in [-0.2, 0) is 6.42 Å². The first-order valence-corrected chi connectivity index (χ1v) is 19.5. The van der Waals surface area contributed by atoms with Gasteiger partial charge in [-0.25, -0.2) is 4.99 Å². The summed E-state index contributed by atoms with van der Waals surface area (Å²) in [6.45, 7) is 0. The summed E-state index contributed by atoms with van der Waals surface area (Å²) >= 11 is 0. The Balaban J connectivity index is 1.01. The van der Waals surface area contributed by atoms with Crippen molar-refractivity contribution in [3.63, 3.8) is 0 Å². The van der Waals surface area contributed by atoms with E-state index < -0.39 is 0 Å². The maximum atomic E-state index is 5.13. The Hall–Kier alpha value is -6.95. The van der Waals surface area contributed by atoms with Crippen LogP contribution in [0.4, 0.5) is 0 Å². The number of para-hydroxylation sites is 2. The SMILES string of the molecule is C1=Cc2c(n(-c3cccc(C4NC(c5ccccc5)=NC(c5ccccc5)N4)c3)c3ccc(-c4ccc5c6ccccc6n(-c6ccccc6)c5c4)cc23)CC1. The van der Waals surface area contributed by atoms with Crippen molar-refractivity contribution in [2.45, 2.75) is 25.2 Å². The lowest BCUT2D eigenvalue weighted by Gasteiger charge is -2.32. The first-order valence-electron chi connectivity index (χ1n) is 19.5. The van der Waals surface area contributed by atoms with Gasteiger partial charge in [-0.1, -0.05) is 140 Å². The summed E-state index contributed by atoms with van der Waals surface area (Å²) in [5.74, 6) is 0.886. The number of nitrogens with zero attached hydrogens (tertiary/aromatic N) is 3. The Bertz CT molecular complexity index is 2970. The van der Waals surface area contributed by atoms with E-state index in [1.165, 1.54) is 60.8 Å². The van der Waals surface area contributed by atoms with Crippen molar-refractivity contribution in [1.29, 1.82) is 0 Å². The number of fused-ring (bicyclic) bond motifs is 6. The van der Waals surface area contributed by atoms with Crippen LogP contribution in [0.2, 0.25) is 0 Å². The Morgan fingerprint density at radius 1 is 0.500 bits per heavy atom. The third-order valence-corrected chi connectivity index (χ3v) is 11.5. The van der Waals surface area contributed by atoms with Gasteiger partial charge in [-0.05, 0) is 83.6 Å². The van der Waals surface area contributed by atoms with Crippen LogP contribution in [0.3, 0.4) is 0 Å². The number of rotatable bonds is 6. The molecular weight excluding hydrogens is 683 g/mol. The molecule has 2 unspecified atom stereocenters. The van der Waals surface area contributed by atoms with E-state index in [0.29, 0.717) is 0 Å². The molecule has 268 valence electrons. The normalized spacial score (nSPS) is 16.5. The molecule has 0 saturated carbocycles. The lowest BCUT2D eigenvalue weighted by Crippen LogP contribution is -2.45. The van der Waals surface area contributed by atoms with Crippen molar-refractivity contribution < 1.29 is 0 Å². The quantitative estimate of drug-likeness (QED) is 0.180. The average molecular weight is 722 g/mol. The van der Waals surface area contributed by atoms with E-state index in [9.17, 15) is 0 Å². The topological polar surface area (TPSA) is 46.3 Å². The molecule has 0 radical (unpaired) electrons. The number of hydrogen-bond donors (Lipinski definition) is 2. The second-order valence-electron chi connectivity index (χ2n) is 14.8. The Labute approximate surface area is 325 Å². The van der Waals surface area contributed by atoms with Crippen molar-refractivity contribution in [2.75, 3.05) is 0 Å². The molecule has 11 rings (SSSR count). The zero-order chi connectivity index (χ0) is 37.0. The van der Waals surface area contributed by atoms with Gasteiger partial charge < -0.3 is 14.5 Å². The van der Waals surface area contributed by atoms with E-state index in [1.54, 1.807) is 0 Å². The molecule has 2 aliphatic rings. The number of benzene rings is 7. The molecule has 0 fully saturated rings. The third kappa shape index (κ3) is 5.47. The summed E-state index contributed by atoms with van der Waals surface area (Å²) in [5, 5.41) is 11.3. The summed E-state index contributed by atoms with van der Waals surface area (Å²) < 4.78 is 4.88. The molecule has 5 nitrogen and oxygen atoms in total. The molecule has 2 N–H and O–H groups in total. The van der Waals surface area contributed by atoms with Gasteiger partial charge >= 0.3 is 0 Å². The third-order valence-electron chi connectivity index (χ3n) is 11.5. The zero-order valence-electron chi connectivity index (χ0n) is 30.8. The molecule has 1 aliphatic carbocycles. The fraction of sp³-hybridized carbons (Fsp3) is 0.0784. The predicted molar refractivity (Wildman–Crippen MR) is 232 cm³/mol. The molecule has 0 bridgehead atoms. The van der Waals surface area contributed by atoms with Gasteiger partial charge in [0.25, 0.3) is 0 Å². The summed E-state index contributed by atoms with van der Waals surface area (Å²) in [6.07, 6.45) is 6.35. The van der Waals surface area contributed by atoms with Crippen LogP contribution in [0.25, 0.3) is 61.3 Å². The molecule has 7 aromatic carbocycles. The monoisotopic (exact) mass is 721 g/mol. The summed E-state index contributed by atoms with van der Waals surface area (Å²) in [6, 6.07) is 63.3. The van der Waals surface area contributed by atoms with Gasteiger partial charge in [-0.2, -0.15) is 0 Å². The molecule has 0 saturated heterocycles. The van der Waals surface area contributed by atoms with Crippen molar-refractivity contribution >= 4 is 44.6 Å². The van der Waals surface area contributed by atoms with E-state index in [1.807, 2.05) is 6.07 Å². The molecule has 2 atom stereocenters. The maximum Gasteiger partial charge on any atom is 0.131 e. The van der Waals surface area contributed by atoms with E-state index in [4.69, 9.17) is 4.99 Å². The van der Waals surface area contributed by atoms with Gasteiger partial charge in [0.1, 0.15) is 18.2 Å². The fourth-order valence-electron chi connectivity index (χ4n) is 8.82. The molecule has 2 aromatic heterocycles. The van der Waals surface area contributed by atoms with Gasteiger partial charge in [-0.3, -0.25) is 5.32 Å². The number of amidine groups is 1. The van der Waals surface area contributed by atoms with E-state index >= 15 is 0 Å². The standard InChI is InChI=1S/C51H39N5/c1-4-15-34(16-5-1)49-52-50(35-17-6-2-7-18-35)54-51(53-49)38-19-14-22-40(31-38)56-46-26-13-11-24-42(46)44-32-36(28-30-47(44)56)37-27-29-43-41-23-10-12-25-45(41)55(48(43)33-37)39-20-8-3-9-21-39/h1-12,14-25,27-33,49,51,53H,13,26H2,(H,52,54). The largest absolute Gasteiger partial charge is 0.350 e. The molecule has 56 heavy (non-hydrogen) atoms. The van der Waals surface area contributed by atoms with E-state index in [-0.39, 0.29) is 12.3 Å². The number of aliphatic imine (C=N–C) groups is 1. The Kier molecular flexibility index (Phi) is 7.78. The van der Waals surface area contributed by atoms with Crippen LogP contribution in [0, 0.1) is 0 Å². The highest BCUT2D eigenvalue weighted by atomic mass is 15.3. The Morgan fingerprint density at radius 3 is 2.04 bits per heavy atom. The highest BCUT2D eigenvalue weighted by molar-refractivity contribution is 6.10. The number of nitrogens with one attached hydrogen (secondary N) is 2. The van der Waals surface area contributed by atoms with Crippen molar-refractivity contribution in [2.24, 2.45) is 4.99 Å². The maximum absolute atomic E-state index is 5.13. The first-order chi connectivity index (χ1) is 27.8. The smallest absolute Gasteiger partial charge is 0.131 e. The van der Waals surface area contributed by atoms with Gasteiger partial charge in [-0.15, -0.1) is 0 Å². The second-order valence-corrected chi connectivity index (χ2v) is 14.8. The second kappa shape index (κ2) is 13.4. The highest BCUT2D eigenvalue weighted by Gasteiger charge is 2.26. The fourth-order valence-corrected chi connectivity index (χ4v) is 8.82. The van der Waals surface area contributed by atoms with Crippen LogP contribution in [-0.4, -0.2) is 15.0 Å². The summed E-state index contributed by atoms with van der Waals surface area (Å²) in [5.41, 5.74) is 14.5. The number of aromatic nitrogens is 2. The minimum Gasteiger partial charge on any atom is -0.350 e. The minimum atomic E-state index is -0.182. The predicted octanol–water partition coefficient (Wildman–Crippen LogP) is 11.7. The van der Waals surface area contributed by atoms with Crippen LogP contribution < -0.4 is 10.6 Å². The number of allylic oxidation sites excluding steroid dienone is 1. The lowest BCUT2D eigenvalue weighted by molar-refractivity contribution is 0.409. The molecule has 5 heteroatoms. The van der Waals surface area contributed by atoms with E-state index in [0.717, 1.165) is 41.1 Å². The minimum absolute atomic E-state index is 0.140. The van der Waals surface area contributed by atoms with Gasteiger partial charge in [0.15, 0.2) is 0 Å². The number of hydrogen-bond acceptors (Lipinski definition) is 3. The lowest BCUT2D eigenvalue weighted by atomic mass is 9.98. The van der Waals surface area contributed by atoms with Crippen molar-refractivity contribution in [1.82, 2.24) is 19.8 Å². The van der Waals surface area contributed by atoms with Crippen molar-refractivity contribution in [3.05, 3.63) is 210 Å². The molecule has 0 spiro atoms. The van der Waals surface area contributed by atoms with Crippen LogP contribution in [0.1, 0.15) is 46.7 Å².